The van der Waals surface area contributed by atoms with Gasteiger partial charge in [-0.2, -0.15) is 0 Å². The Balaban J connectivity index is 0.000000810. The van der Waals surface area contributed by atoms with E-state index in [0.29, 0.717) is 10.8 Å². The van der Waals surface area contributed by atoms with Gasteiger partial charge >= 0.3 is 0 Å². The van der Waals surface area contributed by atoms with Gasteiger partial charge in [0.25, 0.3) is 0 Å². The molecule has 0 radical (unpaired) electrons. The van der Waals surface area contributed by atoms with Crippen molar-refractivity contribution in [3.63, 3.8) is 0 Å². The van der Waals surface area contributed by atoms with Gasteiger partial charge in [-0.15, -0.1) is 12.4 Å². The molecule has 0 atom stereocenters. The molecule has 1 heterocycles. The van der Waals surface area contributed by atoms with Gasteiger partial charge in [0.1, 0.15) is 5.15 Å². The van der Waals surface area contributed by atoms with Gasteiger partial charge < -0.3 is 5.73 Å². The third-order valence-corrected chi connectivity index (χ3v) is 1.57. The van der Waals surface area contributed by atoms with Gasteiger partial charge in [0.05, 0.1) is 0 Å². The maximum atomic E-state index is 5.62. The molecule has 1 aromatic heterocycles. The normalized spacial score (nSPS) is 8.60. The fourth-order valence-electron chi connectivity index (χ4n) is 0.524. The number of halogens is 2. The van der Waals surface area contributed by atoms with E-state index in [-0.39, 0.29) is 12.4 Å². The van der Waals surface area contributed by atoms with Gasteiger partial charge in [-0.3, -0.25) is 0 Å². The van der Waals surface area contributed by atoms with Crippen molar-refractivity contribution in [2.45, 2.75) is 6.92 Å². The van der Waals surface area contributed by atoms with E-state index in [1.165, 1.54) is 0 Å². The van der Waals surface area contributed by atoms with E-state index in [4.69, 9.17) is 17.3 Å². The zero-order valence-corrected chi connectivity index (χ0v) is 7.04. The summed E-state index contributed by atoms with van der Waals surface area (Å²) in [5, 5.41) is 0.481. The van der Waals surface area contributed by atoms with E-state index in [1.54, 1.807) is 12.3 Å². The van der Waals surface area contributed by atoms with Crippen LogP contribution in [0.25, 0.3) is 0 Å². The second kappa shape index (κ2) is 3.64. The zero-order chi connectivity index (χ0) is 6.85. The number of aromatic nitrogens is 1. The summed E-state index contributed by atoms with van der Waals surface area (Å²) >= 11 is 5.62. The Bertz CT molecular complexity index is 205. The van der Waals surface area contributed by atoms with Gasteiger partial charge in [0.2, 0.25) is 0 Å². The molecule has 0 aromatic carbocycles. The molecule has 0 aliphatic rings. The summed E-state index contributed by atoms with van der Waals surface area (Å²) in [4.78, 5) is 3.82. The number of nitrogen functional groups attached to an aromatic ring is 1. The van der Waals surface area contributed by atoms with Crippen molar-refractivity contribution in [2.24, 2.45) is 0 Å². The van der Waals surface area contributed by atoms with Crippen LogP contribution in [-0.2, 0) is 0 Å². The van der Waals surface area contributed by atoms with Crippen LogP contribution in [0.5, 0.6) is 0 Å². The third-order valence-electron chi connectivity index (χ3n) is 1.18. The molecule has 4 heteroatoms. The highest BCUT2D eigenvalue weighted by Gasteiger charge is 1.96. The smallest absolute Gasteiger partial charge is 0.133 e. The minimum Gasteiger partial charge on any atom is -0.398 e. The Hall–Kier alpha value is -0.470. The van der Waals surface area contributed by atoms with Crippen LogP contribution in [-0.4, -0.2) is 4.98 Å². The van der Waals surface area contributed by atoms with Crippen molar-refractivity contribution >= 4 is 29.7 Å². The van der Waals surface area contributed by atoms with Crippen molar-refractivity contribution in [3.05, 3.63) is 23.0 Å². The van der Waals surface area contributed by atoms with Crippen LogP contribution in [0, 0.1) is 6.92 Å². The lowest BCUT2D eigenvalue weighted by Crippen LogP contribution is -1.90. The molecule has 56 valence electrons. The average molecular weight is 179 g/mol. The lowest BCUT2D eigenvalue weighted by Gasteiger charge is -1.97. The Kier molecular flexibility index (Phi) is 3.47. The molecule has 0 amide bonds. The van der Waals surface area contributed by atoms with E-state index in [0.717, 1.165) is 5.56 Å². The van der Waals surface area contributed by atoms with Gasteiger partial charge in [-0.1, -0.05) is 11.6 Å². The van der Waals surface area contributed by atoms with Crippen molar-refractivity contribution in [1.29, 1.82) is 0 Å². The molecule has 0 aliphatic carbocycles. The summed E-state index contributed by atoms with van der Waals surface area (Å²) in [5.74, 6) is 0. The number of rotatable bonds is 0. The number of hydrogen-bond acceptors (Lipinski definition) is 2. The highest BCUT2D eigenvalue weighted by atomic mass is 35.5. The van der Waals surface area contributed by atoms with Gasteiger partial charge in [0, 0.05) is 17.4 Å². The van der Waals surface area contributed by atoms with Gasteiger partial charge in [-0.25, -0.2) is 4.98 Å². The molecule has 1 aromatic rings. The van der Waals surface area contributed by atoms with Crippen molar-refractivity contribution < 1.29 is 0 Å². The van der Waals surface area contributed by atoms with E-state index in [9.17, 15) is 0 Å². The molecule has 0 saturated carbocycles. The summed E-state index contributed by atoms with van der Waals surface area (Å²) in [7, 11) is 0. The largest absolute Gasteiger partial charge is 0.398 e. The second-order valence-electron chi connectivity index (χ2n) is 1.82. The molecule has 10 heavy (non-hydrogen) atoms. The quantitative estimate of drug-likeness (QED) is 0.619. The highest BCUT2D eigenvalue weighted by molar-refractivity contribution is 6.30. The minimum atomic E-state index is 0. The molecule has 0 saturated heterocycles. The topological polar surface area (TPSA) is 38.9 Å². The van der Waals surface area contributed by atoms with E-state index in [2.05, 4.69) is 4.98 Å². The number of anilines is 1. The van der Waals surface area contributed by atoms with Crippen molar-refractivity contribution in [3.8, 4) is 0 Å². The number of hydrogen-bond donors (Lipinski definition) is 1. The first-order valence-corrected chi connectivity index (χ1v) is 2.96. The molecular formula is C6H8Cl2N2. The molecule has 0 fully saturated rings. The Morgan fingerprint density at radius 3 is 2.60 bits per heavy atom. The Morgan fingerprint density at radius 2 is 2.20 bits per heavy atom. The van der Waals surface area contributed by atoms with Crippen LogP contribution in [0.4, 0.5) is 5.69 Å². The number of nitrogens with two attached hydrogens (primary N) is 1. The van der Waals surface area contributed by atoms with Crippen molar-refractivity contribution in [2.75, 3.05) is 5.73 Å². The van der Waals surface area contributed by atoms with Gasteiger partial charge in [-0.05, 0) is 13.0 Å². The average Bonchev–Trinajstić information content (AvgIpc) is 1.83. The molecule has 2 nitrogen and oxygen atoms in total. The molecule has 0 aliphatic heterocycles. The first-order valence-electron chi connectivity index (χ1n) is 2.58. The standard InChI is InChI=1S/C6H7ClN2.ClH/c1-4-5(8)2-3-9-6(4)7;/h2-3H,1H3,(H2,8,9);1H. The fourth-order valence-corrected chi connectivity index (χ4v) is 0.689. The molecule has 0 unspecified atom stereocenters. The van der Waals surface area contributed by atoms with Gasteiger partial charge in [0.15, 0.2) is 0 Å². The SMILES string of the molecule is Cc1c(N)ccnc1Cl.Cl. The fraction of sp³-hybridized carbons (Fsp3) is 0.167. The van der Waals surface area contributed by atoms with E-state index in [1.807, 2.05) is 6.92 Å². The van der Waals surface area contributed by atoms with Crippen LogP contribution in [0.1, 0.15) is 5.56 Å². The lowest BCUT2D eigenvalue weighted by molar-refractivity contribution is 1.27. The maximum Gasteiger partial charge on any atom is 0.133 e. The van der Waals surface area contributed by atoms with E-state index < -0.39 is 0 Å². The van der Waals surface area contributed by atoms with Crippen LogP contribution in [0.15, 0.2) is 12.3 Å². The molecule has 0 bridgehead atoms. The monoisotopic (exact) mass is 178 g/mol. The van der Waals surface area contributed by atoms with Crippen LogP contribution >= 0.6 is 24.0 Å². The molecular weight excluding hydrogens is 171 g/mol. The summed E-state index contributed by atoms with van der Waals surface area (Å²) in [6, 6.07) is 1.72. The molecule has 2 N–H and O–H groups in total. The lowest BCUT2D eigenvalue weighted by atomic mass is 10.3. The minimum absolute atomic E-state index is 0. The highest BCUT2D eigenvalue weighted by Crippen LogP contribution is 2.16. The van der Waals surface area contributed by atoms with Crippen LogP contribution < -0.4 is 5.73 Å². The summed E-state index contributed by atoms with van der Waals surface area (Å²) in [6.45, 7) is 1.84. The summed E-state index contributed by atoms with van der Waals surface area (Å²) < 4.78 is 0. The third kappa shape index (κ3) is 1.75. The maximum absolute atomic E-state index is 5.62. The van der Waals surface area contributed by atoms with E-state index >= 15 is 0 Å². The zero-order valence-electron chi connectivity index (χ0n) is 5.47. The summed E-state index contributed by atoms with van der Waals surface area (Å²) in [6.07, 6.45) is 1.59. The predicted molar refractivity (Wildman–Crippen MR) is 45.6 cm³/mol. The number of nitrogens with zero attached hydrogens (tertiary/aromatic N) is 1. The summed E-state index contributed by atoms with van der Waals surface area (Å²) in [5.41, 5.74) is 7.03. The van der Waals surface area contributed by atoms with Crippen LogP contribution in [0.3, 0.4) is 0 Å². The van der Waals surface area contributed by atoms with Crippen LogP contribution in [0.2, 0.25) is 5.15 Å². The molecule has 0 spiro atoms. The Labute approximate surface area is 70.8 Å². The number of pyridine rings is 1. The molecule has 1 rings (SSSR count). The first-order chi connectivity index (χ1) is 4.22. The van der Waals surface area contributed by atoms with Crippen molar-refractivity contribution in [1.82, 2.24) is 4.98 Å². The Morgan fingerprint density at radius 1 is 1.60 bits per heavy atom. The second-order valence-corrected chi connectivity index (χ2v) is 2.17. The first kappa shape index (κ1) is 9.53. The predicted octanol–water partition coefficient (Wildman–Crippen LogP) is 2.05.